The molecular formula is C18H25NO5S. The van der Waals surface area contributed by atoms with Crippen molar-refractivity contribution in [1.29, 1.82) is 0 Å². The van der Waals surface area contributed by atoms with Gasteiger partial charge in [-0.3, -0.25) is 9.35 Å². The molecule has 138 valence electrons. The van der Waals surface area contributed by atoms with E-state index in [0.29, 0.717) is 24.3 Å². The van der Waals surface area contributed by atoms with Crippen molar-refractivity contribution in [2.75, 3.05) is 6.54 Å². The lowest BCUT2D eigenvalue weighted by Crippen LogP contribution is -2.53. The zero-order valence-electron chi connectivity index (χ0n) is 14.1. The quantitative estimate of drug-likeness (QED) is 0.704. The van der Waals surface area contributed by atoms with Gasteiger partial charge in [-0.15, -0.1) is 0 Å². The first-order valence-electron chi connectivity index (χ1n) is 8.67. The van der Waals surface area contributed by atoms with Crippen LogP contribution in [0.5, 0.6) is 0 Å². The number of fused-ring (bicyclic) bond motifs is 2. The molecule has 1 aromatic rings. The van der Waals surface area contributed by atoms with Crippen molar-refractivity contribution >= 4 is 16.1 Å². The molecule has 3 aliphatic carbocycles. The molecule has 3 atom stereocenters. The fourth-order valence-corrected chi connectivity index (χ4v) is 5.46. The van der Waals surface area contributed by atoms with Gasteiger partial charge in [-0.25, -0.2) is 0 Å². The van der Waals surface area contributed by atoms with E-state index in [0.717, 1.165) is 12.3 Å². The number of rotatable bonds is 4. The van der Waals surface area contributed by atoms with Crippen molar-refractivity contribution in [3.05, 3.63) is 30.3 Å². The van der Waals surface area contributed by atoms with Crippen LogP contribution >= 0.6 is 0 Å². The number of hydrogen-bond donors (Lipinski definition) is 3. The molecule has 0 aliphatic heterocycles. The Morgan fingerprint density at radius 1 is 1.16 bits per heavy atom. The highest BCUT2D eigenvalue weighted by molar-refractivity contribution is 7.85. The lowest BCUT2D eigenvalue weighted by molar-refractivity contribution is -0.146. The molecule has 1 aromatic carbocycles. The van der Waals surface area contributed by atoms with Crippen molar-refractivity contribution in [2.24, 2.45) is 28.4 Å². The second-order valence-corrected chi connectivity index (χ2v) is 9.16. The van der Waals surface area contributed by atoms with Crippen LogP contribution in [-0.4, -0.2) is 30.6 Å². The van der Waals surface area contributed by atoms with E-state index in [1.54, 1.807) is 18.2 Å². The van der Waals surface area contributed by atoms with Crippen LogP contribution in [0.3, 0.4) is 0 Å². The molecule has 0 aromatic heterocycles. The van der Waals surface area contributed by atoms with E-state index in [1.807, 2.05) is 0 Å². The summed E-state index contributed by atoms with van der Waals surface area (Å²) in [7, 11) is -4.00. The Kier molecular flexibility index (Phi) is 4.68. The van der Waals surface area contributed by atoms with Crippen LogP contribution in [0.4, 0.5) is 0 Å². The Morgan fingerprint density at radius 2 is 1.80 bits per heavy atom. The molecule has 0 amide bonds. The predicted octanol–water partition coefficient (Wildman–Crippen LogP) is 2.55. The van der Waals surface area contributed by atoms with Gasteiger partial charge in [0, 0.05) is 0 Å². The molecular weight excluding hydrogens is 342 g/mol. The fourth-order valence-electron chi connectivity index (χ4n) is 4.96. The first-order valence-corrected chi connectivity index (χ1v) is 10.1. The predicted molar refractivity (Wildman–Crippen MR) is 92.5 cm³/mol. The van der Waals surface area contributed by atoms with Crippen molar-refractivity contribution < 1.29 is 22.9 Å². The maximum Gasteiger partial charge on any atom is 0.303 e. The van der Waals surface area contributed by atoms with Gasteiger partial charge in [-0.2, -0.15) is 8.42 Å². The smallest absolute Gasteiger partial charge is 0.303 e. The van der Waals surface area contributed by atoms with Crippen molar-refractivity contribution in [3.8, 4) is 0 Å². The van der Waals surface area contributed by atoms with Gasteiger partial charge in [0.15, 0.2) is 0 Å². The SMILES string of the molecule is NC[C@]1(CC(=O)O)C[C@@H]2[C@H]1CCC21CC1.O=S(=O)(O)c1ccccc1. The number of benzene rings is 1. The van der Waals surface area contributed by atoms with Crippen LogP contribution < -0.4 is 5.73 Å². The second kappa shape index (κ2) is 6.37. The number of carboxylic acids is 1. The summed E-state index contributed by atoms with van der Waals surface area (Å²) in [6.45, 7) is 0.566. The first-order chi connectivity index (χ1) is 11.7. The van der Waals surface area contributed by atoms with E-state index in [2.05, 4.69) is 0 Å². The van der Waals surface area contributed by atoms with Crippen LogP contribution in [0.15, 0.2) is 35.2 Å². The molecule has 3 saturated carbocycles. The number of carbonyl (C=O) groups is 1. The van der Waals surface area contributed by atoms with Gasteiger partial charge in [-0.1, -0.05) is 18.2 Å². The summed E-state index contributed by atoms with van der Waals surface area (Å²) in [5.41, 5.74) is 6.43. The number of carboxylic acid groups (broad SMARTS) is 1. The van der Waals surface area contributed by atoms with Crippen LogP contribution in [0.1, 0.15) is 38.5 Å². The fraction of sp³-hybridized carbons (Fsp3) is 0.611. The monoisotopic (exact) mass is 367 g/mol. The molecule has 0 heterocycles. The number of aliphatic carboxylic acids is 1. The molecule has 0 saturated heterocycles. The highest BCUT2D eigenvalue weighted by Gasteiger charge is 2.67. The highest BCUT2D eigenvalue weighted by Crippen LogP contribution is 2.74. The van der Waals surface area contributed by atoms with Gasteiger partial charge < -0.3 is 10.8 Å². The van der Waals surface area contributed by atoms with E-state index in [1.165, 1.54) is 37.8 Å². The summed E-state index contributed by atoms with van der Waals surface area (Å²) in [6.07, 6.45) is 6.73. The van der Waals surface area contributed by atoms with Gasteiger partial charge >= 0.3 is 5.97 Å². The zero-order chi connectivity index (χ0) is 18.3. The van der Waals surface area contributed by atoms with E-state index in [-0.39, 0.29) is 10.3 Å². The van der Waals surface area contributed by atoms with Crippen molar-refractivity contribution in [2.45, 2.75) is 43.4 Å². The van der Waals surface area contributed by atoms with Gasteiger partial charge in [-0.05, 0) is 73.4 Å². The maximum absolute atomic E-state index is 10.9. The number of nitrogens with two attached hydrogens (primary N) is 1. The van der Waals surface area contributed by atoms with Gasteiger partial charge in [0.2, 0.25) is 0 Å². The van der Waals surface area contributed by atoms with Crippen LogP contribution in [0.25, 0.3) is 0 Å². The Morgan fingerprint density at radius 3 is 2.24 bits per heavy atom. The van der Waals surface area contributed by atoms with Crippen LogP contribution in [0.2, 0.25) is 0 Å². The Bertz CT molecular complexity index is 744. The van der Waals surface area contributed by atoms with Crippen LogP contribution in [0, 0.1) is 22.7 Å². The third-order valence-corrected chi connectivity index (χ3v) is 7.35. The lowest BCUT2D eigenvalue weighted by atomic mass is 9.51. The maximum atomic E-state index is 10.9. The summed E-state index contributed by atoms with van der Waals surface area (Å²) < 4.78 is 29.2. The molecule has 0 bridgehead atoms. The minimum Gasteiger partial charge on any atom is -0.481 e. The molecule has 4 N–H and O–H groups in total. The minimum absolute atomic E-state index is 0.0391. The standard InChI is InChI=1S/C12H19NO2.C6H6O3S/c13-7-12(6-10(14)15)5-9-8(12)1-2-11(9)3-4-11;7-10(8,9)6-4-2-1-3-5-6/h8-9H,1-7,13H2,(H,14,15);1-5H,(H,7,8,9)/t8-,9-,12-;/m1./s1. The third kappa shape index (κ3) is 3.45. The highest BCUT2D eigenvalue weighted by atomic mass is 32.2. The molecule has 6 nitrogen and oxygen atoms in total. The summed E-state index contributed by atoms with van der Waals surface area (Å²) >= 11 is 0. The molecule has 3 aliphatic rings. The molecule has 25 heavy (non-hydrogen) atoms. The lowest BCUT2D eigenvalue weighted by Gasteiger charge is -2.53. The summed E-state index contributed by atoms with van der Waals surface area (Å²) in [5.74, 6) is 0.775. The Hall–Kier alpha value is -1.44. The molecule has 4 rings (SSSR count). The van der Waals surface area contributed by atoms with Crippen molar-refractivity contribution in [1.82, 2.24) is 0 Å². The topological polar surface area (TPSA) is 118 Å². The third-order valence-electron chi connectivity index (χ3n) is 6.48. The molecule has 0 radical (unpaired) electrons. The second-order valence-electron chi connectivity index (χ2n) is 7.74. The average molecular weight is 367 g/mol. The summed E-state index contributed by atoms with van der Waals surface area (Å²) in [5, 5.41) is 8.96. The Labute approximate surface area is 148 Å². The van der Waals surface area contributed by atoms with Gasteiger partial charge in [0.25, 0.3) is 10.1 Å². The van der Waals surface area contributed by atoms with E-state index >= 15 is 0 Å². The normalized spacial score (nSPS) is 31.4. The van der Waals surface area contributed by atoms with Crippen molar-refractivity contribution in [3.63, 3.8) is 0 Å². The minimum atomic E-state index is -4.00. The Balaban J connectivity index is 0.000000160. The molecule has 7 heteroatoms. The molecule has 0 unspecified atom stereocenters. The summed E-state index contributed by atoms with van der Waals surface area (Å²) in [6, 6.07) is 7.42. The van der Waals surface area contributed by atoms with E-state index in [9.17, 15) is 13.2 Å². The zero-order valence-corrected chi connectivity index (χ0v) is 14.9. The van der Waals surface area contributed by atoms with E-state index in [4.69, 9.17) is 15.4 Å². The van der Waals surface area contributed by atoms with Gasteiger partial charge in [0.05, 0.1) is 11.3 Å². The molecule has 1 spiro atoms. The largest absolute Gasteiger partial charge is 0.481 e. The van der Waals surface area contributed by atoms with Gasteiger partial charge in [0.1, 0.15) is 0 Å². The van der Waals surface area contributed by atoms with E-state index < -0.39 is 16.1 Å². The number of hydrogen-bond acceptors (Lipinski definition) is 4. The first kappa shape index (κ1) is 18.4. The summed E-state index contributed by atoms with van der Waals surface area (Å²) in [4.78, 5) is 10.8. The molecule has 3 fully saturated rings. The van der Waals surface area contributed by atoms with Crippen LogP contribution in [-0.2, 0) is 14.9 Å². The average Bonchev–Trinajstić information content (AvgIpc) is 3.25.